The van der Waals surface area contributed by atoms with Gasteiger partial charge < -0.3 is 28.7 Å². The van der Waals surface area contributed by atoms with Gasteiger partial charge in [0, 0.05) is 38.3 Å². The molecule has 0 bridgehead atoms. The van der Waals surface area contributed by atoms with E-state index in [1.165, 1.54) is 0 Å². The Kier molecular flexibility index (Phi) is 5.41. The Morgan fingerprint density at radius 3 is 1.47 bits per heavy atom. The molecule has 1 fully saturated rings. The maximum absolute atomic E-state index is 12.5. The van der Waals surface area contributed by atoms with Gasteiger partial charge in [-0.15, -0.1) is 0 Å². The summed E-state index contributed by atoms with van der Waals surface area (Å²) in [6.45, 7) is 2.41. The van der Waals surface area contributed by atoms with Gasteiger partial charge in [-0.25, -0.2) is 0 Å². The van der Waals surface area contributed by atoms with Crippen LogP contribution in [0.3, 0.4) is 0 Å². The highest BCUT2D eigenvalue weighted by atomic mass is 16.7. The summed E-state index contributed by atoms with van der Waals surface area (Å²) in [6.07, 6.45) is 6.62. The maximum Gasteiger partial charge on any atom is 0.246 e. The summed E-state index contributed by atoms with van der Waals surface area (Å²) in [5.41, 5.74) is 1.73. The van der Waals surface area contributed by atoms with Gasteiger partial charge in [0.2, 0.25) is 25.4 Å². The SMILES string of the molecule is O=C(C=Cc1ccc2c(c1)OCO2)N1CCN(C(=O)C=Cc2ccc3c(c2)OCO3)CC1. The summed E-state index contributed by atoms with van der Waals surface area (Å²) in [5.74, 6) is 2.63. The molecule has 0 aromatic heterocycles. The van der Waals surface area contributed by atoms with Crippen LogP contribution in [0.1, 0.15) is 11.1 Å². The third kappa shape index (κ3) is 4.25. The van der Waals surface area contributed by atoms with Crippen LogP contribution in [-0.2, 0) is 9.59 Å². The zero-order valence-corrected chi connectivity index (χ0v) is 17.4. The first-order chi connectivity index (χ1) is 15.7. The fourth-order valence-electron chi connectivity index (χ4n) is 3.73. The van der Waals surface area contributed by atoms with E-state index in [-0.39, 0.29) is 25.4 Å². The molecule has 5 rings (SSSR count). The lowest BCUT2D eigenvalue weighted by molar-refractivity contribution is -0.133. The van der Waals surface area contributed by atoms with Crippen molar-refractivity contribution in [3.05, 3.63) is 59.7 Å². The van der Waals surface area contributed by atoms with Crippen LogP contribution in [0.2, 0.25) is 0 Å². The van der Waals surface area contributed by atoms with Gasteiger partial charge in [0.1, 0.15) is 0 Å². The van der Waals surface area contributed by atoms with E-state index in [4.69, 9.17) is 18.9 Å². The second-order valence-electron chi connectivity index (χ2n) is 7.54. The van der Waals surface area contributed by atoms with E-state index in [0.29, 0.717) is 49.2 Å². The third-order valence-electron chi connectivity index (χ3n) is 5.53. The largest absolute Gasteiger partial charge is 0.454 e. The van der Waals surface area contributed by atoms with Crippen LogP contribution >= 0.6 is 0 Å². The van der Waals surface area contributed by atoms with E-state index >= 15 is 0 Å². The molecule has 3 aliphatic heterocycles. The average molecular weight is 434 g/mol. The van der Waals surface area contributed by atoms with E-state index in [2.05, 4.69) is 0 Å². The molecule has 8 heteroatoms. The Morgan fingerprint density at radius 2 is 1.03 bits per heavy atom. The maximum atomic E-state index is 12.5. The van der Waals surface area contributed by atoms with E-state index in [9.17, 15) is 9.59 Å². The molecule has 3 heterocycles. The van der Waals surface area contributed by atoms with Crippen molar-refractivity contribution in [3.8, 4) is 23.0 Å². The number of carbonyl (C=O) groups excluding carboxylic acids is 2. The summed E-state index contributed by atoms with van der Waals surface area (Å²) in [6, 6.07) is 11.1. The third-order valence-corrected chi connectivity index (χ3v) is 5.53. The van der Waals surface area contributed by atoms with Crippen LogP contribution in [-0.4, -0.2) is 61.4 Å². The zero-order chi connectivity index (χ0) is 21.9. The number of hydrogen-bond donors (Lipinski definition) is 0. The van der Waals surface area contributed by atoms with Crippen molar-refractivity contribution < 1.29 is 28.5 Å². The van der Waals surface area contributed by atoms with Gasteiger partial charge in [-0.2, -0.15) is 0 Å². The van der Waals surface area contributed by atoms with Crippen molar-refractivity contribution in [2.45, 2.75) is 0 Å². The minimum absolute atomic E-state index is 0.0781. The number of piperazine rings is 1. The zero-order valence-electron chi connectivity index (χ0n) is 17.4. The van der Waals surface area contributed by atoms with E-state index in [1.807, 2.05) is 36.4 Å². The molecular formula is C24H22N2O6. The Balaban J connectivity index is 1.12. The minimum atomic E-state index is -0.0781. The first-order valence-electron chi connectivity index (χ1n) is 10.4. The first-order valence-corrected chi connectivity index (χ1v) is 10.4. The number of hydrogen-bond acceptors (Lipinski definition) is 6. The molecule has 164 valence electrons. The van der Waals surface area contributed by atoms with Gasteiger partial charge in [0.05, 0.1) is 0 Å². The first kappa shape index (κ1) is 20.0. The fraction of sp³-hybridized carbons (Fsp3) is 0.250. The standard InChI is InChI=1S/C24H22N2O6/c27-23(7-3-17-1-5-19-21(13-17)31-15-29-19)25-9-11-26(12-10-25)24(28)8-4-18-2-6-20-22(14-18)32-16-30-20/h1-8,13-14H,9-12,15-16H2. The summed E-state index contributed by atoms with van der Waals surface area (Å²) < 4.78 is 21.3. The lowest BCUT2D eigenvalue weighted by atomic mass is 10.1. The normalized spacial score (nSPS) is 16.9. The molecule has 0 aliphatic carbocycles. The van der Waals surface area contributed by atoms with Crippen LogP contribution < -0.4 is 18.9 Å². The quantitative estimate of drug-likeness (QED) is 0.689. The summed E-state index contributed by atoms with van der Waals surface area (Å²) in [4.78, 5) is 28.5. The number of ether oxygens (including phenoxy) is 4. The van der Waals surface area contributed by atoms with Gasteiger partial charge in [-0.3, -0.25) is 9.59 Å². The van der Waals surface area contributed by atoms with Gasteiger partial charge in [0.25, 0.3) is 0 Å². The lowest BCUT2D eigenvalue weighted by Crippen LogP contribution is -2.49. The smallest absolute Gasteiger partial charge is 0.246 e. The van der Waals surface area contributed by atoms with Gasteiger partial charge in [-0.1, -0.05) is 12.1 Å². The molecule has 0 radical (unpaired) electrons. The predicted octanol–water partition coefficient (Wildman–Crippen LogP) is 2.54. The fourth-order valence-corrected chi connectivity index (χ4v) is 3.73. The average Bonchev–Trinajstić information content (AvgIpc) is 3.49. The number of carbonyl (C=O) groups is 2. The van der Waals surface area contributed by atoms with E-state index < -0.39 is 0 Å². The second kappa shape index (κ2) is 8.66. The number of nitrogens with zero attached hydrogens (tertiary/aromatic N) is 2. The molecule has 0 N–H and O–H groups in total. The van der Waals surface area contributed by atoms with Crippen LogP contribution in [0.15, 0.2) is 48.6 Å². The predicted molar refractivity (Wildman–Crippen MR) is 116 cm³/mol. The van der Waals surface area contributed by atoms with E-state index in [0.717, 1.165) is 11.1 Å². The molecule has 0 spiro atoms. The van der Waals surface area contributed by atoms with Crippen LogP contribution in [0.25, 0.3) is 12.2 Å². The summed E-state index contributed by atoms with van der Waals surface area (Å²) in [5, 5.41) is 0. The molecule has 2 aromatic rings. The highest BCUT2D eigenvalue weighted by Gasteiger charge is 2.22. The molecular weight excluding hydrogens is 412 g/mol. The number of rotatable bonds is 4. The molecule has 0 unspecified atom stereocenters. The van der Waals surface area contributed by atoms with Crippen LogP contribution in [0, 0.1) is 0 Å². The Morgan fingerprint density at radius 1 is 0.625 bits per heavy atom. The molecule has 0 atom stereocenters. The molecule has 1 saturated heterocycles. The summed E-state index contributed by atoms with van der Waals surface area (Å²) in [7, 11) is 0. The molecule has 8 nitrogen and oxygen atoms in total. The van der Waals surface area contributed by atoms with Crippen molar-refractivity contribution in [1.29, 1.82) is 0 Å². The Hall–Kier alpha value is -3.94. The lowest BCUT2D eigenvalue weighted by Gasteiger charge is -2.33. The highest BCUT2D eigenvalue weighted by Crippen LogP contribution is 2.33. The van der Waals surface area contributed by atoms with Crippen LogP contribution in [0.4, 0.5) is 0 Å². The van der Waals surface area contributed by atoms with Crippen molar-refractivity contribution >= 4 is 24.0 Å². The monoisotopic (exact) mass is 434 g/mol. The van der Waals surface area contributed by atoms with Gasteiger partial charge >= 0.3 is 0 Å². The molecule has 2 amide bonds. The molecule has 0 saturated carbocycles. The van der Waals surface area contributed by atoms with Crippen LogP contribution in [0.5, 0.6) is 23.0 Å². The molecule has 3 aliphatic rings. The Labute approximate surface area is 185 Å². The van der Waals surface area contributed by atoms with Crippen molar-refractivity contribution in [1.82, 2.24) is 9.80 Å². The Bertz CT molecular complexity index is 1010. The topological polar surface area (TPSA) is 77.5 Å². The highest BCUT2D eigenvalue weighted by molar-refractivity contribution is 5.93. The number of amides is 2. The number of fused-ring (bicyclic) bond motifs is 2. The van der Waals surface area contributed by atoms with Crippen molar-refractivity contribution in [2.75, 3.05) is 39.8 Å². The van der Waals surface area contributed by atoms with Crippen molar-refractivity contribution in [2.24, 2.45) is 0 Å². The second-order valence-corrected chi connectivity index (χ2v) is 7.54. The van der Waals surface area contributed by atoms with E-state index in [1.54, 1.807) is 34.1 Å². The summed E-state index contributed by atoms with van der Waals surface area (Å²) >= 11 is 0. The van der Waals surface area contributed by atoms with Gasteiger partial charge in [-0.05, 0) is 47.5 Å². The van der Waals surface area contributed by atoms with Gasteiger partial charge in [0.15, 0.2) is 23.0 Å². The van der Waals surface area contributed by atoms with Crippen molar-refractivity contribution in [3.63, 3.8) is 0 Å². The molecule has 2 aromatic carbocycles. The minimum Gasteiger partial charge on any atom is -0.454 e. The molecule has 32 heavy (non-hydrogen) atoms. The number of benzene rings is 2.